The summed E-state index contributed by atoms with van der Waals surface area (Å²) < 4.78 is 11.0. The molecular weight excluding hydrogens is 310 g/mol. The number of aliphatic hydroxyl groups is 1. The van der Waals surface area contributed by atoms with Crippen molar-refractivity contribution < 1.29 is 19.4 Å². The van der Waals surface area contributed by atoms with Crippen molar-refractivity contribution >= 4 is 16.9 Å². The predicted octanol–water partition coefficient (Wildman–Crippen LogP) is 0.835. The van der Waals surface area contributed by atoms with Crippen LogP contribution in [0.25, 0.3) is 11.0 Å². The number of H-pyrrole nitrogens is 1. The van der Waals surface area contributed by atoms with E-state index in [-0.39, 0.29) is 30.6 Å². The number of benzene rings is 1. The normalized spacial score (nSPS) is 28.6. The summed E-state index contributed by atoms with van der Waals surface area (Å²) in [6, 6.07) is 5.40. The van der Waals surface area contributed by atoms with E-state index in [0.717, 1.165) is 24.1 Å². The van der Waals surface area contributed by atoms with E-state index in [1.165, 1.54) is 0 Å². The van der Waals surface area contributed by atoms with Gasteiger partial charge in [0, 0.05) is 37.2 Å². The third kappa shape index (κ3) is 2.49. The fourth-order valence-electron chi connectivity index (χ4n) is 3.95. The topological polar surface area (TPSA) is 96.5 Å². The van der Waals surface area contributed by atoms with Crippen LogP contribution in [0.5, 0.6) is 0 Å². The molecule has 1 aromatic heterocycles. The summed E-state index contributed by atoms with van der Waals surface area (Å²) in [7, 11) is 1.67. The summed E-state index contributed by atoms with van der Waals surface area (Å²) in [5.74, 6) is 0.982. The lowest BCUT2D eigenvalue weighted by molar-refractivity contribution is -0.0809. The van der Waals surface area contributed by atoms with Crippen LogP contribution in [0, 0.1) is 11.8 Å². The van der Waals surface area contributed by atoms with Gasteiger partial charge in [0.1, 0.15) is 12.4 Å². The van der Waals surface area contributed by atoms with Gasteiger partial charge in [-0.25, -0.2) is 4.98 Å². The molecule has 1 amide bonds. The van der Waals surface area contributed by atoms with Crippen molar-refractivity contribution in [1.82, 2.24) is 15.3 Å². The lowest BCUT2D eigenvalue weighted by atomic mass is 9.67. The highest BCUT2D eigenvalue weighted by Crippen LogP contribution is 2.43. The van der Waals surface area contributed by atoms with Gasteiger partial charge >= 0.3 is 0 Å². The molecular formula is C17H21N3O4. The number of carbonyl (C=O) groups excluding carboxylic acids is 1. The molecule has 4 atom stereocenters. The molecule has 1 aliphatic heterocycles. The maximum absolute atomic E-state index is 12.6. The third-order valence-electron chi connectivity index (χ3n) is 5.13. The predicted molar refractivity (Wildman–Crippen MR) is 86.5 cm³/mol. The minimum absolute atomic E-state index is 0.0930. The first kappa shape index (κ1) is 15.6. The fourth-order valence-corrected chi connectivity index (χ4v) is 3.95. The Morgan fingerprint density at radius 2 is 2.42 bits per heavy atom. The zero-order valence-corrected chi connectivity index (χ0v) is 13.5. The van der Waals surface area contributed by atoms with Gasteiger partial charge in [-0.3, -0.25) is 4.79 Å². The van der Waals surface area contributed by atoms with Gasteiger partial charge in [-0.2, -0.15) is 0 Å². The van der Waals surface area contributed by atoms with Crippen LogP contribution in [-0.4, -0.2) is 53.5 Å². The molecule has 2 heterocycles. The van der Waals surface area contributed by atoms with Crippen LogP contribution in [-0.2, 0) is 16.1 Å². The number of rotatable bonds is 5. The average Bonchev–Trinajstić information content (AvgIpc) is 3.20. The highest BCUT2D eigenvalue weighted by Gasteiger charge is 2.54. The quantitative estimate of drug-likeness (QED) is 0.754. The summed E-state index contributed by atoms with van der Waals surface area (Å²) in [6.45, 7) is 1.19. The number of ether oxygens (including phenoxy) is 2. The van der Waals surface area contributed by atoms with Crippen LogP contribution < -0.4 is 5.32 Å². The Morgan fingerprint density at radius 1 is 1.54 bits per heavy atom. The molecule has 2 aromatic rings. The smallest absolute Gasteiger partial charge is 0.251 e. The van der Waals surface area contributed by atoms with Gasteiger partial charge in [0.2, 0.25) is 0 Å². The molecule has 1 aromatic carbocycles. The molecule has 7 heteroatoms. The number of carbonyl (C=O) groups is 1. The second kappa shape index (κ2) is 6.16. The Balaban J connectivity index is 1.51. The van der Waals surface area contributed by atoms with E-state index in [2.05, 4.69) is 15.3 Å². The lowest BCUT2D eigenvalue weighted by Crippen LogP contribution is -2.62. The van der Waals surface area contributed by atoms with Crippen LogP contribution in [0.1, 0.15) is 22.6 Å². The molecule has 2 aliphatic rings. The highest BCUT2D eigenvalue weighted by molar-refractivity contribution is 5.97. The van der Waals surface area contributed by atoms with Crippen LogP contribution in [0.2, 0.25) is 0 Å². The van der Waals surface area contributed by atoms with E-state index in [9.17, 15) is 4.79 Å². The number of imidazole rings is 1. The number of aromatic amines is 1. The second-order valence-electron chi connectivity index (χ2n) is 6.48. The van der Waals surface area contributed by atoms with Crippen LogP contribution in [0.15, 0.2) is 18.2 Å². The molecule has 24 heavy (non-hydrogen) atoms. The molecule has 3 N–H and O–H groups in total. The first-order valence-corrected chi connectivity index (χ1v) is 8.22. The zero-order chi connectivity index (χ0) is 16.7. The molecule has 1 saturated heterocycles. The molecule has 0 unspecified atom stereocenters. The van der Waals surface area contributed by atoms with E-state index in [1.54, 1.807) is 25.3 Å². The van der Waals surface area contributed by atoms with Gasteiger partial charge in [0.25, 0.3) is 5.91 Å². The van der Waals surface area contributed by atoms with Crippen molar-refractivity contribution in [3.05, 3.63) is 29.6 Å². The number of methoxy groups -OCH3 is 1. The van der Waals surface area contributed by atoms with Gasteiger partial charge in [-0.1, -0.05) is 0 Å². The van der Waals surface area contributed by atoms with Crippen molar-refractivity contribution in [3.63, 3.8) is 0 Å². The first-order valence-electron chi connectivity index (χ1n) is 8.22. The number of fused-ring (bicyclic) bond motifs is 2. The zero-order valence-electron chi connectivity index (χ0n) is 13.5. The monoisotopic (exact) mass is 331 g/mol. The molecule has 0 radical (unpaired) electrons. The summed E-state index contributed by atoms with van der Waals surface area (Å²) in [5, 5.41) is 12.3. The number of amides is 1. The molecule has 1 saturated carbocycles. The van der Waals surface area contributed by atoms with Gasteiger partial charge in [0.15, 0.2) is 0 Å². The Kier molecular flexibility index (Phi) is 3.99. The van der Waals surface area contributed by atoms with E-state index in [0.29, 0.717) is 23.9 Å². The second-order valence-corrected chi connectivity index (χ2v) is 6.48. The molecule has 1 aliphatic carbocycles. The summed E-state index contributed by atoms with van der Waals surface area (Å²) in [6.07, 6.45) is 1.19. The van der Waals surface area contributed by atoms with Crippen molar-refractivity contribution in [3.8, 4) is 0 Å². The Labute approximate surface area is 139 Å². The van der Waals surface area contributed by atoms with Crippen molar-refractivity contribution in [2.45, 2.75) is 25.2 Å². The van der Waals surface area contributed by atoms with E-state index in [4.69, 9.17) is 14.6 Å². The number of hydrogen-bond donors (Lipinski definition) is 3. The van der Waals surface area contributed by atoms with Gasteiger partial charge in [-0.05, 0) is 24.6 Å². The van der Waals surface area contributed by atoms with E-state index < -0.39 is 0 Å². The molecule has 2 fully saturated rings. The maximum Gasteiger partial charge on any atom is 0.251 e. The van der Waals surface area contributed by atoms with Crippen molar-refractivity contribution in [2.75, 3.05) is 20.3 Å². The fraction of sp³-hybridized carbons (Fsp3) is 0.529. The molecule has 7 nitrogen and oxygen atoms in total. The average molecular weight is 331 g/mol. The van der Waals surface area contributed by atoms with Crippen LogP contribution >= 0.6 is 0 Å². The number of nitrogens with one attached hydrogen (secondary N) is 2. The molecule has 128 valence electrons. The summed E-state index contributed by atoms with van der Waals surface area (Å²) >= 11 is 0. The molecule has 0 spiro atoms. The van der Waals surface area contributed by atoms with Gasteiger partial charge in [-0.15, -0.1) is 0 Å². The SMILES string of the molecule is COC[C@H]1[C@@H](NC(=O)c2ccc3nc(CO)[nH]c3c2)[C@H]2CCO[C@H]21. The van der Waals surface area contributed by atoms with Crippen molar-refractivity contribution in [2.24, 2.45) is 11.8 Å². The number of hydrogen-bond acceptors (Lipinski definition) is 5. The van der Waals surface area contributed by atoms with Crippen LogP contribution in [0.3, 0.4) is 0 Å². The Bertz CT molecular complexity index is 759. The number of aliphatic hydroxyl groups excluding tert-OH is 1. The molecule has 0 bridgehead atoms. The van der Waals surface area contributed by atoms with Crippen LogP contribution in [0.4, 0.5) is 0 Å². The van der Waals surface area contributed by atoms with Crippen molar-refractivity contribution in [1.29, 1.82) is 0 Å². The third-order valence-corrected chi connectivity index (χ3v) is 5.13. The molecule has 4 rings (SSSR count). The largest absolute Gasteiger partial charge is 0.388 e. The minimum Gasteiger partial charge on any atom is -0.388 e. The van der Waals surface area contributed by atoms with E-state index >= 15 is 0 Å². The standard InChI is InChI=1S/C17H21N3O4/c1-23-8-11-15(10-4-5-24-16(10)11)20-17(22)9-2-3-12-13(6-9)19-14(7-21)18-12/h2-3,6,10-11,15-16,21H,4-5,7-8H2,1H3,(H,18,19)(H,20,22)/t10-,11+,15+,16-/m1/s1. The highest BCUT2D eigenvalue weighted by atomic mass is 16.5. The van der Waals surface area contributed by atoms with Gasteiger partial charge < -0.3 is 24.9 Å². The maximum atomic E-state index is 12.6. The summed E-state index contributed by atoms with van der Waals surface area (Å²) in [5.41, 5.74) is 2.06. The van der Waals surface area contributed by atoms with Gasteiger partial charge in [0.05, 0.1) is 23.7 Å². The first-order chi connectivity index (χ1) is 11.7. The minimum atomic E-state index is -0.153. The summed E-state index contributed by atoms with van der Waals surface area (Å²) in [4.78, 5) is 19.9. The lowest BCUT2D eigenvalue weighted by Gasteiger charge is -2.47. The van der Waals surface area contributed by atoms with E-state index in [1.807, 2.05) is 0 Å². The Hall–Kier alpha value is -1.96. The number of nitrogens with zero attached hydrogens (tertiary/aromatic N) is 1. The Morgan fingerprint density at radius 3 is 3.21 bits per heavy atom. The number of aromatic nitrogens is 2.